The summed E-state index contributed by atoms with van der Waals surface area (Å²) in [4.78, 5) is 14.8. The second-order valence-corrected chi connectivity index (χ2v) is 7.22. The molecule has 2 aromatic rings. The first-order chi connectivity index (χ1) is 12.3. The fraction of sp³-hybridized carbons (Fsp3) is 0.500. The first kappa shape index (κ1) is 19.2. The van der Waals surface area contributed by atoms with Crippen LogP contribution >= 0.6 is 24.0 Å². The summed E-state index contributed by atoms with van der Waals surface area (Å²) in [5.41, 5.74) is 2.22. The number of likely N-dealkylation sites (tertiary alicyclic amines) is 1. The maximum atomic E-state index is 4.51. The highest BCUT2D eigenvalue weighted by atomic mass is 127. The van der Waals surface area contributed by atoms with Crippen molar-refractivity contribution in [2.75, 3.05) is 20.1 Å². The molecule has 1 aromatic heterocycles. The molecule has 2 heterocycles. The number of H-pyrrole nitrogens is 1. The number of imidazole rings is 1. The van der Waals surface area contributed by atoms with Crippen molar-refractivity contribution < 1.29 is 0 Å². The molecule has 6 heteroatoms. The SMILES string of the molecule is CN=C(NCc1ncc(-c2ccccc2)[nH]1)N1CC2CCCCC2C1.I. The van der Waals surface area contributed by atoms with E-state index >= 15 is 0 Å². The first-order valence-electron chi connectivity index (χ1n) is 9.38. The third-order valence-corrected chi connectivity index (χ3v) is 5.61. The molecule has 2 N–H and O–H groups in total. The van der Waals surface area contributed by atoms with Crippen LogP contribution in [0.2, 0.25) is 0 Å². The lowest BCUT2D eigenvalue weighted by atomic mass is 9.82. The van der Waals surface area contributed by atoms with Gasteiger partial charge in [-0.2, -0.15) is 0 Å². The zero-order valence-electron chi connectivity index (χ0n) is 15.3. The average Bonchev–Trinajstić information content (AvgIpc) is 3.30. The molecule has 2 unspecified atom stereocenters. The lowest BCUT2D eigenvalue weighted by Gasteiger charge is -2.22. The van der Waals surface area contributed by atoms with Gasteiger partial charge in [0, 0.05) is 20.1 Å². The van der Waals surface area contributed by atoms with Gasteiger partial charge in [-0.25, -0.2) is 4.98 Å². The zero-order chi connectivity index (χ0) is 17.1. The van der Waals surface area contributed by atoms with Crippen LogP contribution in [-0.2, 0) is 6.54 Å². The fourth-order valence-electron chi connectivity index (χ4n) is 4.29. The molecule has 2 fully saturated rings. The van der Waals surface area contributed by atoms with Gasteiger partial charge in [0.15, 0.2) is 5.96 Å². The summed E-state index contributed by atoms with van der Waals surface area (Å²) >= 11 is 0. The van der Waals surface area contributed by atoms with Crippen LogP contribution in [0, 0.1) is 11.8 Å². The lowest BCUT2D eigenvalue weighted by Crippen LogP contribution is -2.40. The molecule has 0 bridgehead atoms. The highest BCUT2D eigenvalue weighted by Crippen LogP contribution is 2.35. The Morgan fingerprint density at radius 2 is 1.88 bits per heavy atom. The van der Waals surface area contributed by atoms with Gasteiger partial charge in [0.1, 0.15) is 5.82 Å². The molecule has 0 spiro atoms. The number of nitrogens with zero attached hydrogens (tertiary/aromatic N) is 3. The summed E-state index contributed by atoms with van der Waals surface area (Å²) < 4.78 is 0. The molecule has 0 radical (unpaired) electrons. The van der Waals surface area contributed by atoms with E-state index in [1.807, 2.05) is 31.4 Å². The largest absolute Gasteiger partial charge is 0.349 e. The predicted octanol–water partition coefficient (Wildman–Crippen LogP) is 3.89. The van der Waals surface area contributed by atoms with E-state index < -0.39 is 0 Å². The van der Waals surface area contributed by atoms with E-state index in [1.54, 1.807) is 0 Å². The quantitative estimate of drug-likeness (QED) is 0.411. The third kappa shape index (κ3) is 4.22. The molecule has 26 heavy (non-hydrogen) atoms. The van der Waals surface area contributed by atoms with Crippen molar-refractivity contribution in [3.8, 4) is 11.3 Å². The highest BCUT2D eigenvalue weighted by Gasteiger charge is 2.35. The van der Waals surface area contributed by atoms with Gasteiger partial charge in [0.25, 0.3) is 0 Å². The van der Waals surface area contributed by atoms with E-state index in [9.17, 15) is 0 Å². The van der Waals surface area contributed by atoms with Crippen LogP contribution in [0.25, 0.3) is 11.3 Å². The highest BCUT2D eigenvalue weighted by molar-refractivity contribution is 14.0. The molecule has 1 aromatic carbocycles. The van der Waals surface area contributed by atoms with E-state index in [1.165, 1.54) is 25.7 Å². The molecule has 2 aliphatic rings. The minimum Gasteiger partial charge on any atom is -0.349 e. The first-order valence-corrected chi connectivity index (χ1v) is 9.38. The number of nitrogens with one attached hydrogen (secondary N) is 2. The van der Waals surface area contributed by atoms with Crippen LogP contribution in [0.3, 0.4) is 0 Å². The van der Waals surface area contributed by atoms with Crippen molar-refractivity contribution in [2.45, 2.75) is 32.2 Å². The molecule has 1 saturated carbocycles. The Morgan fingerprint density at radius 1 is 1.19 bits per heavy atom. The maximum Gasteiger partial charge on any atom is 0.194 e. The standard InChI is InChI=1S/C20H27N5.HI/c1-21-20(25-13-16-9-5-6-10-17(16)14-25)23-12-19-22-11-18(24-19)15-7-3-2-4-8-15;/h2-4,7-8,11,16-17H,5-6,9-10,12-14H2,1H3,(H,21,23)(H,22,24);1H. The molecule has 2 atom stereocenters. The molecule has 140 valence electrons. The van der Waals surface area contributed by atoms with Gasteiger partial charge in [0.05, 0.1) is 18.4 Å². The molecule has 1 saturated heterocycles. The molecular formula is C20H28IN5. The van der Waals surface area contributed by atoms with Crippen molar-refractivity contribution in [2.24, 2.45) is 16.8 Å². The second-order valence-electron chi connectivity index (χ2n) is 7.22. The van der Waals surface area contributed by atoms with Crippen LogP contribution in [0.1, 0.15) is 31.5 Å². The van der Waals surface area contributed by atoms with E-state index in [4.69, 9.17) is 0 Å². The normalized spacial score (nSPS) is 22.7. The Morgan fingerprint density at radius 3 is 2.54 bits per heavy atom. The Kier molecular flexibility index (Phi) is 6.56. The van der Waals surface area contributed by atoms with Crippen molar-refractivity contribution in [1.29, 1.82) is 0 Å². The predicted molar refractivity (Wildman–Crippen MR) is 117 cm³/mol. The number of aliphatic imine (C=N–C) groups is 1. The van der Waals surface area contributed by atoms with Gasteiger partial charge in [-0.15, -0.1) is 24.0 Å². The molecule has 0 amide bonds. The zero-order valence-corrected chi connectivity index (χ0v) is 17.6. The number of benzene rings is 1. The number of rotatable bonds is 3. The number of halogens is 1. The van der Waals surface area contributed by atoms with Crippen molar-refractivity contribution in [3.63, 3.8) is 0 Å². The van der Waals surface area contributed by atoms with Crippen LogP contribution in [-0.4, -0.2) is 41.0 Å². The Labute approximate surface area is 172 Å². The van der Waals surface area contributed by atoms with Gasteiger partial charge < -0.3 is 15.2 Å². The summed E-state index contributed by atoms with van der Waals surface area (Å²) in [6, 6.07) is 10.3. The van der Waals surface area contributed by atoms with Crippen molar-refractivity contribution >= 4 is 29.9 Å². The van der Waals surface area contributed by atoms with Crippen LogP contribution in [0.5, 0.6) is 0 Å². The third-order valence-electron chi connectivity index (χ3n) is 5.61. The molecule has 1 aliphatic heterocycles. The van der Waals surface area contributed by atoms with E-state index in [-0.39, 0.29) is 24.0 Å². The number of guanidine groups is 1. The minimum atomic E-state index is 0. The van der Waals surface area contributed by atoms with E-state index in [0.717, 1.165) is 48.0 Å². The van der Waals surface area contributed by atoms with Crippen LogP contribution in [0.15, 0.2) is 41.5 Å². The minimum absolute atomic E-state index is 0. The Hall–Kier alpha value is -1.57. The Balaban J connectivity index is 0.00000196. The van der Waals surface area contributed by atoms with Crippen LogP contribution < -0.4 is 5.32 Å². The number of aromatic amines is 1. The molecule has 4 rings (SSSR count). The summed E-state index contributed by atoms with van der Waals surface area (Å²) in [6.45, 7) is 2.97. The lowest BCUT2D eigenvalue weighted by molar-refractivity contribution is 0.299. The second kappa shape index (κ2) is 8.88. The van der Waals surface area contributed by atoms with Gasteiger partial charge >= 0.3 is 0 Å². The van der Waals surface area contributed by atoms with E-state index in [2.05, 4.69) is 37.3 Å². The van der Waals surface area contributed by atoms with Gasteiger partial charge in [-0.3, -0.25) is 4.99 Å². The van der Waals surface area contributed by atoms with E-state index in [0.29, 0.717) is 6.54 Å². The summed E-state index contributed by atoms with van der Waals surface area (Å²) in [7, 11) is 1.88. The van der Waals surface area contributed by atoms with Crippen LogP contribution in [0.4, 0.5) is 0 Å². The number of hydrogen-bond donors (Lipinski definition) is 2. The molecule has 1 aliphatic carbocycles. The summed E-state index contributed by atoms with van der Waals surface area (Å²) in [5, 5.41) is 3.48. The molecular weight excluding hydrogens is 437 g/mol. The fourth-order valence-corrected chi connectivity index (χ4v) is 4.29. The molecule has 5 nitrogen and oxygen atoms in total. The average molecular weight is 465 g/mol. The monoisotopic (exact) mass is 465 g/mol. The maximum absolute atomic E-state index is 4.51. The van der Waals surface area contributed by atoms with Gasteiger partial charge in [-0.05, 0) is 30.2 Å². The summed E-state index contributed by atoms with van der Waals surface area (Å²) in [5.74, 6) is 3.67. The number of aromatic nitrogens is 2. The van der Waals surface area contributed by atoms with Gasteiger partial charge in [0.2, 0.25) is 0 Å². The van der Waals surface area contributed by atoms with Gasteiger partial charge in [-0.1, -0.05) is 43.2 Å². The smallest absolute Gasteiger partial charge is 0.194 e. The number of hydrogen-bond acceptors (Lipinski definition) is 2. The van der Waals surface area contributed by atoms with Crippen molar-refractivity contribution in [1.82, 2.24) is 20.2 Å². The Bertz CT molecular complexity index is 713. The topological polar surface area (TPSA) is 56.3 Å². The number of fused-ring (bicyclic) bond motifs is 1. The summed E-state index contributed by atoms with van der Waals surface area (Å²) in [6.07, 6.45) is 7.47. The van der Waals surface area contributed by atoms with Crippen molar-refractivity contribution in [3.05, 3.63) is 42.4 Å².